The molecule has 1 fully saturated rings. The van der Waals surface area contributed by atoms with E-state index in [0.29, 0.717) is 12.8 Å². The fraction of sp³-hybridized carbons (Fsp3) is 0.750. The van der Waals surface area contributed by atoms with Gasteiger partial charge in [0.15, 0.2) is 0 Å². The molecule has 2 N–H and O–H groups in total. The van der Waals surface area contributed by atoms with Crippen molar-refractivity contribution in [1.82, 2.24) is 5.32 Å². The maximum absolute atomic E-state index is 13.8. The molecule has 0 saturated heterocycles. The molecule has 0 spiro atoms. The standard InChI is InChI=1S/C16H20F7NO7S/c1-2-11(25)31-14(15(19,20)21,12(26)24-10-6-4-3-5-7-10)30-9-8-13(17,18)16(22,23)32(27,28)29/h2,10H,1,3-9H2,(H,24,26)(H,27,28,29). The Kier molecular flexibility index (Phi) is 8.70. The number of amides is 1. The highest BCUT2D eigenvalue weighted by Gasteiger charge is 2.68. The van der Waals surface area contributed by atoms with Crippen LogP contribution in [0.5, 0.6) is 0 Å². The molecule has 1 unspecified atom stereocenters. The van der Waals surface area contributed by atoms with Crippen LogP contribution in [0.25, 0.3) is 0 Å². The molecule has 1 aliphatic rings. The van der Waals surface area contributed by atoms with Gasteiger partial charge in [-0.2, -0.15) is 39.2 Å². The Bertz CT molecular complexity index is 810. The number of carbonyl (C=O) groups is 2. The molecule has 0 bridgehead atoms. The summed E-state index contributed by atoms with van der Waals surface area (Å²) in [6, 6.07) is -0.797. The molecule has 1 saturated carbocycles. The van der Waals surface area contributed by atoms with Crippen LogP contribution in [0.4, 0.5) is 30.7 Å². The van der Waals surface area contributed by atoms with Gasteiger partial charge in [-0.25, -0.2) is 4.79 Å². The van der Waals surface area contributed by atoms with E-state index >= 15 is 0 Å². The van der Waals surface area contributed by atoms with Crippen molar-refractivity contribution in [2.75, 3.05) is 6.61 Å². The fourth-order valence-corrected chi connectivity index (χ4v) is 3.26. The molecule has 0 aliphatic heterocycles. The Morgan fingerprint density at radius 3 is 2.03 bits per heavy atom. The first-order chi connectivity index (χ1) is 14.4. The van der Waals surface area contributed by atoms with Gasteiger partial charge in [0.05, 0.1) is 6.61 Å². The molecule has 0 radical (unpaired) electrons. The highest BCUT2D eigenvalue weighted by atomic mass is 32.2. The van der Waals surface area contributed by atoms with Gasteiger partial charge in [-0.15, -0.1) is 0 Å². The van der Waals surface area contributed by atoms with Crippen molar-refractivity contribution in [3.05, 3.63) is 12.7 Å². The van der Waals surface area contributed by atoms with Crippen LogP contribution in [-0.2, 0) is 29.2 Å². The second kappa shape index (κ2) is 9.91. The van der Waals surface area contributed by atoms with Gasteiger partial charge >= 0.3 is 45.1 Å². The Morgan fingerprint density at radius 2 is 1.59 bits per heavy atom. The summed E-state index contributed by atoms with van der Waals surface area (Å²) in [7, 11) is -6.65. The highest BCUT2D eigenvalue weighted by molar-refractivity contribution is 7.87. The highest BCUT2D eigenvalue weighted by Crippen LogP contribution is 2.42. The Labute approximate surface area is 177 Å². The van der Waals surface area contributed by atoms with Crippen molar-refractivity contribution in [2.24, 2.45) is 0 Å². The largest absolute Gasteiger partial charge is 0.466 e. The summed E-state index contributed by atoms with van der Waals surface area (Å²) in [5, 5.41) is -4.15. The third-order valence-electron chi connectivity index (χ3n) is 4.49. The number of hydrogen-bond donors (Lipinski definition) is 2. The van der Waals surface area contributed by atoms with Crippen LogP contribution in [0, 0.1) is 0 Å². The number of hydrogen-bond acceptors (Lipinski definition) is 6. The predicted octanol–water partition coefficient (Wildman–Crippen LogP) is 2.95. The van der Waals surface area contributed by atoms with Crippen LogP contribution in [0.15, 0.2) is 12.7 Å². The van der Waals surface area contributed by atoms with Crippen molar-refractivity contribution in [3.8, 4) is 0 Å². The summed E-state index contributed by atoms with van der Waals surface area (Å²) in [5.74, 6) is -14.1. The molecule has 0 aromatic rings. The van der Waals surface area contributed by atoms with E-state index in [9.17, 15) is 48.7 Å². The molecule has 32 heavy (non-hydrogen) atoms. The van der Waals surface area contributed by atoms with E-state index in [1.165, 1.54) is 0 Å². The van der Waals surface area contributed by atoms with Crippen molar-refractivity contribution in [3.63, 3.8) is 0 Å². The lowest BCUT2D eigenvalue weighted by atomic mass is 9.95. The lowest BCUT2D eigenvalue weighted by Gasteiger charge is -2.35. The molecule has 8 nitrogen and oxygen atoms in total. The average Bonchev–Trinajstić information content (AvgIpc) is 2.65. The van der Waals surface area contributed by atoms with Crippen LogP contribution in [0.1, 0.15) is 38.5 Å². The smallest absolute Gasteiger partial charge is 0.412 e. The number of nitrogens with one attached hydrogen (secondary N) is 1. The van der Waals surface area contributed by atoms with Crippen LogP contribution >= 0.6 is 0 Å². The van der Waals surface area contributed by atoms with Gasteiger partial charge in [0, 0.05) is 18.5 Å². The first-order valence-corrected chi connectivity index (χ1v) is 10.4. The molecule has 0 aromatic carbocycles. The molecule has 0 heterocycles. The number of ether oxygens (including phenoxy) is 2. The third kappa shape index (κ3) is 6.10. The summed E-state index contributed by atoms with van der Waals surface area (Å²) in [6.07, 6.45) is -5.70. The second-order valence-corrected chi connectivity index (χ2v) is 8.31. The van der Waals surface area contributed by atoms with Gasteiger partial charge in [0.2, 0.25) is 0 Å². The van der Waals surface area contributed by atoms with E-state index in [1.807, 2.05) is 5.32 Å². The third-order valence-corrected chi connectivity index (χ3v) is 5.44. The Balaban J connectivity index is 3.20. The van der Waals surface area contributed by atoms with Gasteiger partial charge < -0.3 is 14.8 Å². The van der Waals surface area contributed by atoms with Gasteiger partial charge in [0.1, 0.15) is 0 Å². The van der Waals surface area contributed by atoms with Crippen LogP contribution in [0.3, 0.4) is 0 Å². The maximum atomic E-state index is 13.8. The minimum Gasteiger partial charge on any atom is -0.412 e. The monoisotopic (exact) mass is 503 g/mol. The second-order valence-electron chi connectivity index (χ2n) is 6.84. The molecule has 1 amide bonds. The maximum Gasteiger partial charge on any atom is 0.466 e. The van der Waals surface area contributed by atoms with E-state index in [-0.39, 0.29) is 18.9 Å². The minimum atomic E-state index is -6.65. The molecule has 0 aromatic heterocycles. The Morgan fingerprint density at radius 1 is 1.06 bits per heavy atom. The molecular weight excluding hydrogens is 483 g/mol. The number of rotatable bonds is 10. The summed E-state index contributed by atoms with van der Waals surface area (Å²) in [5.41, 5.74) is 0. The number of carbonyl (C=O) groups excluding carboxylic acids is 2. The minimum absolute atomic E-state index is 0.207. The van der Waals surface area contributed by atoms with E-state index < -0.39 is 64.2 Å². The van der Waals surface area contributed by atoms with Crippen LogP contribution in [-0.4, -0.2) is 60.6 Å². The number of esters is 1. The topological polar surface area (TPSA) is 119 Å². The first kappa shape index (κ1) is 28.1. The van der Waals surface area contributed by atoms with Crippen molar-refractivity contribution in [2.45, 2.75) is 67.7 Å². The zero-order valence-electron chi connectivity index (χ0n) is 16.3. The first-order valence-electron chi connectivity index (χ1n) is 9.01. The lowest BCUT2D eigenvalue weighted by molar-refractivity contribution is -0.349. The normalized spacial score (nSPS) is 18.5. The van der Waals surface area contributed by atoms with Crippen LogP contribution in [0.2, 0.25) is 0 Å². The van der Waals surface area contributed by atoms with Crippen molar-refractivity contribution in [1.29, 1.82) is 0 Å². The van der Waals surface area contributed by atoms with Crippen LogP contribution < -0.4 is 5.32 Å². The van der Waals surface area contributed by atoms with Crippen molar-refractivity contribution >= 4 is 22.0 Å². The average molecular weight is 503 g/mol. The zero-order chi connectivity index (χ0) is 25.0. The van der Waals surface area contributed by atoms with E-state index in [1.54, 1.807) is 0 Å². The van der Waals surface area contributed by atoms with Crippen molar-refractivity contribution < 1.29 is 62.8 Å². The molecule has 16 heteroatoms. The lowest BCUT2D eigenvalue weighted by Crippen LogP contribution is -2.63. The van der Waals surface area contributed by atoms with Gasteiger partial charge in [0.25, 0.3) is 0 Å². The summed E-state index contributed by atoms with van der Waals surface area (Å²) >= 11 is 0. The number of alkyl halides is 7. The van der Waals surface area contributed by atoms with E-state index in [0.717, 1.165) is 6.42 Å². The van der Waals surface area contributed by atoms with E-state index in [4.69, 9.17) is 4.55 Å². The fourth-order valence-electron chi connectivity index (χ4n) is 2.78. The molecule has 1 atom stereocenters. The summed E-state index contributed by atoms with van der Waals surface area (Å²) in [6.45, 7) is 0.810. The van der Waals surface area contributed by atoms with Gasteiger partial charge in [-0.05, 0) is 12.8 Å². The predicted molar refractivity (Wildman–Crippen MR) is 92.1 cm³/mol. The molecule has 186 valence electrons. The SMILES string of the molecule is C=CC(=O)OC(OCCC(F)(F)C(F)(F)S(=O)(=O)O)(C(=O)NC1CCCCC1)C(F)(F)F. The zero-order valence-corrected chi connectivity index (χ0v) is 17.1. The summed E-state index contributed by atoms with van der Waals surface area (Å²) in [4.78, 5) is 23.8. The molecule has 1 aliphatic carbocycles. The Hall–Kier alpha value is -1.94. The van der Waals surface area contributed by atoms with Gasteiger partial charge in [-0.3, -0.25) is 9.35 Å². The van der Waals surface area contributed by atoms with E-state index in [2.05, 4.69) is 16.1 Å². The quantitative estimate of drug-likeness (QED) is 0.155. The summed E-state index contributed by atoms with van der Waals surface area (Å²) < 4.78 is 132. The molecule has 1 rings (SSSR count). The molecular formula is C16H20F7NO7S. The van der Waals surface area contributed by atoms with Gasteiger partial charge in [-0.1, -0.05) is 25.8 Å². The number of halogens is 7.